The number of carbonyl (C=O) groups is 1. The maximum absolute atomic E-state index is 11.4. The van der Waals surface area contributed by atoms with E-state index in [1.807, 2.05) is 0 Å². The molecule has 7 unspecified atom stereocenters. The monoisotopic (exact) mass is 238 g/mol. The third kappa shape index (κ3) is 0.861. The zero-order valence-electron chi connectivity index (χ0n) is 8.97. The molecule has 0 aromatic heterocycles. The van der Waals surface area contributed by atoms with Crippen molar-refractivity contribution in [1.82, 2.24) is 0 Å². The van der Waals surface area contributed by atoms with Crippen molar-refractivity contribution >= 4 is 17.6 Å². The van der Waals surface area contributed by atoms with Crippen LogP contribution in [0.25, 0.3) is 0 Å². The minimum absolute atomic E-state index is 0.224. The Balaban J connectivity index is 1.76. The van der Waals surface area contributed by atoms with E-state index in [4.69, 9.17) is 11.6 Å². The number of halogens is 1. The first-order chi connectivity index (χ1) is 7.61. The Kier molecular flexibility index (Phi) is 1.58. The minimum atomic E-state index is -0.940. The van der Waals surface area contributed by atoms with E-state index in [0.717, 1.165) is 18.3 Å². The van der Waals surface area contributed by atoms with Gasteiger partial charge in [0.05, 0.1) is 0 Å². The van der Waals surface area contributed by atoms with Gasteiger partial charge >= 0.3 is 5.97 Å². The van der Waals surface area contributed by atoms with Crippen LogP contribution in [0.4, 0.5) is 0 Å². The lowest BCUT2D eigenvalue weighted by Gasteiger charge is -2.39. The van der Waals surface area contributed by atoms with Crippen molar-refractivity contribution in [3.05, 3.63) is 12.2 Å². The van der Waals surface area contributed by atoms with Crippen molar-refractivity contribution in [2.24, 2.45) is 35.5 Å². The molecule has 2 nitrogen and oxygen atoms in total. The zero-order chi connectivity index (χ0) is 11.1. The third-order valence-electron chi connectivity index (χ3n) is 5.65. The zero-order valence-corrected chi connectivity index (χ0v) is 9.73. The van der Waals surface area contributed by atoms with Crippen LogP contribution in [0.3, 0.4) is 0 Å². The van der Waals surface area contributed by atoms with Crippen molar-refractivity contribution in [2.45, 2.75) is 24.1 Å². The first-order valence-electron chi connectivity index (χ1n) is 6.22. The fourth-order valence-electron chi connectivity index (χ4n) is 5.26. The first-order valence-corrected chi connectivity index (χ1v) is 6.59. The summed E-state index contributed by atoms with van der Waals surface area (Å²) in [4.78, 5) is 10.4. The van der Waals surface area contributed by atoms with Crippen LogP contribution in [-0.4, -0.2) is 16.0 Å². The summed E-state index contributed by atoms with van der Waals surface area (Å²) >= 11 is 6.38. The van der Waals surface area contributed by atoms with Gasteiger partial charge in [-0.25, -0.2) is 0 Å². The minimum Gasteiger partial charge on any atom is -0.480 e. The summed E-state index contributed by atoms with van der Waals surface area (Å²) in [6.07, 6.45) is 7.69. The molecule has 4 aliphatic rings. The Hall–Kier alpha value is -0.500. The van der Waals surface area contributed by atoms with Gasteiger partial charge in [0.2, 0.25) is 0 Å². The number of fused-ring (bicyclic) bond motifs is 9. The van der Waals surface area contributed by atoms with Crippen LogP contribution >= 0.6 is 11.6 Å². The number of carboxylic acid groups (broad SMARTS) is 1. The van der Waals surface area contributed by atoms with Crippen LogP contribution in [-0.2, 0) is 4.79 Å². The Labute approximate surface area is 99.7 Å². The Morgan fingerprint density at radius 2 is 1.94 bits per heavy atom. The molecule has 4 bridgehead atoms. The fraction of sp³-hybridized carbons (Fsp3) is 0.769. The van der Waals surface area contributed by atoms with Crippen molar-refractivity contribution in [3.8, 4) is 0 Å². The molecule has 1 N–H and O–H groups in total. The fourth-order valence-corrected chi connectivity index (χ4v) is 5.69. The maximum Gasteiger partial charge on any atom is 0.325 e. The molecule has 0 saturated heterocycles. The summed E-state index contributed by atoms with van der Waals surface area (Å²) in [5.41, 5.74) is 0. The molecule has 4 rings (SSSR count). The Morgan fingerprint density at radius 3 is 2.62 bits per heavy atom. The van der Waals surface area contributed by atoms with Crippen molar-refractivity contribution < 1.29 is 9.90 Å². The molecule has 0 aromatic carbocycles. The van der Waals surface area contributed by atoms with Crippen LogP contribution in [0.5, 0.6) is 0 Å². The molecule has 3 fully saturated rings. The summed E-state index contributed by atoms with van der Waals surface area (Å²) in [5, 5.41) is 9.33. The van der Waals surface area contributed by atoms with Gasteiger partial charge in [-0.15, -0.1) is 11.6 Å². The van der Waals surface area contributed by atoms with Crippen LogP contribution in [0.1, 0.15) is 19.3 Å². The predicted octanol–water partition coefficient (Wildman–Crippen LogP) is 2.53. The number of allylic oxidation sites excluding steroid dienone is 2. The highest BCUT2D eigenvalue weighted by atomic mass is 35.5. The summed E-state index contributed by atoms with van der Waals surface area (Å²) in [6.45, 7) is 0. The average Bonchev–Trinajstić information content (AvgIpc) is 2.92. The van der Waals surface area contributed by atoms with Crippen LogP contribution < -0.4 is 0 Å². The lowest BCUT2D eigenvalue weighted by Crippen LogP contribution is -2.45. The smallest absolute Gasteiger partial charge is 0.325 e. The second kappa shape index (κ2) is 2.66. The van der Waals surface area contributed by atoms with Crippen molar-refractivity contribution in [1.29, 1.82) is 0 Å². The standard InChI is InChI=1S/C13H15ClO2/c14-13(12(15)16)5-8-4-9(13)11-7-2-1-6(3-7)10(8)11/h1-2,6-11H,3-5H2,(H,15,16). The number of carboxylic acids is 1. The van der Waals surface area contributed by atoms with E-state index < -0.39 is 10.8 Å². The lowest BCUT2D eigenvalue weighted by atomic mass is 9.69. The third-order valence-corrected chi connectivity index (χ3v) is 6.25. The molecule has 16 heavy (non-hydrogen) atoms. The van der Waals surface area contributed by atoms with E-state index in [0.29, 0.717) is 24.2 Å². The molecule has 3 saturated carbocycles. The van der Waals surface area contributed by atoms with E-state index in [-0.39, 0.29) is 5.92 Å². The molecule has 86 valence electrons. The van der Waals surface area contributed by atoms with Crippen LogP contribution in [0.15, 0.2) is 12.2 Å². The molecule has 0 amide bonds. The van der Waals surface area contributed by atoms with Crippen molar-refractivity contribution in [2.75, 3.05) is 0 Å². The first kappa shape index (κ1) is 9.52. The number of hydrogen-bond donors (Lipinski definition) is 1. The molecule has 0 aromatic rings. The number of hydrogen-bond acceptors (Lipinski definition) is 1. The van der Waals surface area contributed by atoms with Gasteiger partial charge in [-0.2, -0.15) is 0 Å². The summed E-state index contributed by atoms with van der Waals surface area (Å²) in [5.74, 6) is 2.70. The van der Waals surface area contributed by atoms with Gasteiger partial charge in [0, 0.05) is 0 Å². The van der Waals surface area contributed by atoms with E-state index in [2.05, 4.69) is 12.2 Å². The summed E-state index contributed by atoms with van der Waals surface area (Å²) in [6, 6.07) is 0. The van der Waals surface area contributed by atoms with E-state index >= 15 is 0 Å². The van der Waals surface area contributed by atoms with E-state index in [9.17, 15) is 9.90 Å². The number of rotatable bonds is 1. The quantitative estimate of drug-likeness (QED) is 0.433. The molecule has 0 heterocycles. The summed E-state index contributed by atoms with van der Waals surface area (Å²) in [7, 11) is 0. The number of aliphatic carboxylic acids is 1. The molecule has 0 radical (unpaired) electrons. The average molecular weight is 239 g/mol. The maximum atomic E-state index is 11.4. The molecule has 7 atom stereocenters. The molecule has 0 aliphatic heterocycles. The van der Waals surface area contributed by atoms with Gasteiger partial charge < -0.3 is 5.11 Å². The van der Waals surface area contributed by atoms with E-state index in [1.54, 1.807) is 0 Å². The van der Waals surface area contributed by atoms with Crippen molar-refractivity contribution in [3.63, 3.8) is 0 Å². The second-order valence-corrected chi connectivity index (χ2v) is 6.75. The van der Waals surface area contributed by atoms with Gasteiger partial charge in [0.25, 0.3) is 0 Å². The molecule has 0 spiro atoms. The van der Waals surface area contributed by atoms with Gasteiger partial charge in [-0.1, -0.05) is 12.2 Å². The van der Waals surface area contributed by atoms with Gasteiger partial charge in [-0.05, 0) is 54.8 Å². The normalized spacial score (nSPS) is 60.6. The van der Waals surface area contributed by atoms with Gasteiger partial charge in [-0.3, -0.25) is 4.79 Å². The largest absolute Gasteiger partial charge is 0.480 e. The SMILES string of the molecule is O=C(O)C1(Cl)CC2CC1C1C3C=CC(C3)C21. The highest BCUT2D eigenvalue weighted by Crippen LogP contribution is 2.69. The molecule has 3 heteroatoms. The predicted molar refractivity (Wildman–Crippen MR) is 60.2 cm³/mol. The van der Waals surface area contributed by atoms with Crippen LogP contribution in [0.2, 0.25) is 0 Å². The van der Waals surface area contributed by atoms with Gasteiger partial charge in [0.15, 0.2) is 0 Å². The van der Waals surface area contributed by atoms with Gasteiger partial charge in [0.1, 0.15) is 4.87 Å². The lowest BCUT2D eigenvalue weighted by molar-refractivity contribution is -0.142. The van der Waals surface area contributed by atoms with E-state index in [1.165, 1.54) is 6.42 Å². The second-order valence-electron chi connectivity index (χ2n) is 6.08. The Morgan fingerprint density at radius 1 is 1.25 bits per heavy atom. The molecular formula is C13H15ClO2. The highest BCUT2D eigenvalue weighted by molar-refractivity contribution is 6.34. The summed E-state index contributed by atoms with van der Waals surface area (Å²) < 4.78 is 0. The topological polar surface area (TPSA) is 37.3 Å². The Bertz CT molecular complexity index is 405. The van der Waals surface area contributed by atoms with Crippen LogP contribution in [0, 0.1) is 35.5 Å². The highest BCUT2D eigenvalue weighted by Gasteiger charge is 2.68. The number of alkyl halides is 1. The molecule has 4 aliphatic carbocycles. The molecular weight excluding hydrogens is 224 g/mol.